The molecule has 0 radical (unpaired) electrons. The number of aromatic nitrogens is 4. The molecule has 172 valence electrons. The van der Waals surface area contributed by atoms with Gasteiger partial charge in [0.15, 0.2) is 5.16 Å². The summed E-state index contributed by atoms with van der Waals surface area (Å²) < 4.78 is 3.51. The Morgan fingerprint density at radius 3 is 2.52 bits per heavy atom. The van der Waals surface area contributed by atoms with E-state index in [0.29, 0.717) is 22.9 Å². The van der Waals surface area contributed by atoms with Gasteiger partial charge in [0.1, 0.15) is 0 Å². The number of fused-ring (bicyclic) bond motifs is 3. The van der Waals surface area contributed by atoms with Crippen LogP contribution in [-0.4, -0.2) is 37.4 Å². The molecular formula is C25H29N5O2S. The second-order valence-electron chi connectivity index (χ2n) is 8.22. The zero-order chi connectivity index (χ0) is 23.4. The SMILES string of the molecule is CCCCCCNC(=O)CSc1nnc2n(-c3c(C)cccc3C)c(=O)c3ccccc3n12. The maximum atomic E-state index is 13.5. The van der Waals surface area contributed by atoms with Crippen LogP contribution in [0.25, 0.3) is 22.4 Å². The number of rotatable bonds is 9. The van der Waals surface area contributed by atoms with Gasteiger partial charge < -0.3 is 5.32 Å². The monoisotopic (exact) mass is 463 g/mol. The molecule has 0 aliphatic carbocycles. The van der Waals surface area contributed by atoms with Crippen molar-refractivity contribution in [2.24, 2.45) is 0 Å². The number of nitrogens with zero attached hydrogens (tertiary/aromatic N) is 4. The summed E-state index contributed by atoms with van der Waals surface area (Å²) in [4.78, 5) is 25.9. The van der Waals surface area contributed by atoms with Crippen LogP contribution in [0.5, 0.6) is 0 Å². The van der Waals surface area contributed by atoms with Crippen LogP contribution in [0.4, 0.5) is 0 Å². The van der Waals surface area contributed by atoms with Crippen LogP contribution in [-0.2, 0) is 4.79 Å². The number of hydrogen-bond acceptors (Lipinski definition) is 5. The molecule has 2 heterocycles. The Bertz CT molecular complexity index is 1340. The van der Waals surface area contributed by atoms with Crippen molar-refractivity contribution in [1.29, 1.82) is 0 Å². The summed E-state index contributed by atoms with van der Waals surface area (Å²) in [5, 5.41) is 12.9. The van der Waals surface area contributed by atoms with E-state index in [4.69, 9.17) is 0 Å². The van der Waals surface area contributed by atoms with Crippen molar-refractivity contribution in [2.45, 2.75) is 51.6 Å². The second kappa shape index (κ2) is 10.2. The predicted molar refractivity (Wildman–Crippen MR) is 133 cm³/mol. The van der Waals surface area contributed by atoms with Crippen molar-refractivity contribution in [2.75, 3.05) is 12.3 Å². The number of nitrogens with one attached hydrogen (secondary N) is 1. The van der Waals surface area contributed by atoms with Crippen molar-refractivity contribution in [1.82, 2.24) is 24.5 Å². The number of amides is 1. The van der Waals surface area contributed by atoms with Crippen LogP contribution >= 0.6 is 11.8 Å². The van der Waals surface area contributed by atoms with Crippen molar-refractivity contribution < 1.29 is 4.79 Å². The number of thioether (sulfide) groups is 1. The van der Waals surface area contributed by atoms with Gasteiger partial charge in [-0.1, -0.05) is 68.3 Å². The topological polar surface area (TPSA) is 81.3 Å². The first-order valence-corrected chi connectivity index (χ1v) is 12.4. The third-order valence-corrected chi connectivity index (χ3v) is 6.67. The number of unbranched alkanes of at least 4 members (excludes halogenated alkanes) is 3. The molecule has 0 spiro atoms. The van der Waals surface area contributed by atoms with Crippen LogP contribution in [0.3, 0.4) is 0 Å². The molecule has 0 saturated heterocycles. The van der Waals surface area contributed by atoms with Crippen LogP contribution in [0.2, 0.25) is 0 Å². The minimum absolute atomic E-state index is 0.0272. The summed E-state index contributed by atoms with van der Waals surface area (Å²) in [6.07, 6.45) is 4.47. The molecule has 0 aliphatic heterocycles. The Labute approximate surface area is 197 Å². The second-order valence-corrected chi connectivity index (χ2v) is 9.16. The number of benzene rings is 2. The zero-order valence-corrected chi connectivity index (χ0v) is 20.1. The Morgan fingerprint density at radius 1 is 1.00 bits per heavy atom. The highest BCUT2D eigenvalue weighted by Crippen LogP contribution is 2.25. The lowest BCUT2D eigenvalue weighted by atomic mass is 10.1. The molecule has 0 unspecified atom stereocenters. The van der Waals surface area contributed by atoms with Crippen molar-refractivity contribution in [3.63, 3.8) is 0 Å². The molecule has 1 N–H and O–H groups in total. The standard InChI is InChI=1S/C25H29N5O2S/c1-4-5-6-9-15-26-21(31)16-33-25-28-27-24-29(25)20-14-8-7-13-19(20)23(32)30(24)22-17(2)11-10-12-18(22)3/h7-8,10-14H,4-6,9,15-16H2,1-3H3,(H,26,31). The van der Waals surface area contributed by atoms with Crippen LogP contribution in [0, 0.1) is 13.8 Å². The average Bonchev–Trinajstić information content (AvgIpc) is 3.23. The Hall–Kier alpha value is -3.13. The smallest absolute Gasteiger partial charge is 0.267 e. The lowest BCUT2D eigenvalue weighted by Gasteiger charge is -2.15. The van der Waals surface area contributed by atoms with E-state index in [1.54, 1.807) is 4.57 Å². The minimum Gasteiger partial charge on any atom is -0.355 e. The molecule has 0 aliphatic rings. The van der Waals surface area contributed by atoms with Crippen molar-refractivity contribution >= 4 is 34.3 Å². The van der Waals surface area contributed by atoms with Gasteiger partial charge in [-0.05, 0) is 43.5 Å². The van der Waals surface area contributed by atoms with E-state index in [0.717, 1.165) is 35.2 Å². The van der Waals surface area contributed by atoms with Gasteiger partial charge in [-0.2, -0.15) is 0 Å². The predicted octanol–water partition coefficient (Wildman–Crippen LogP) is 4.44. The molecule has 2 aromatic carbocycles. The Morgan fingerprint density at radius 2 is 1.76 bits per heavy atom. The number of carbonyl (C=O) groups excluding carboxylic acids is 1. The van der Waals surface area contributed by atoms with E-state index in [1.807, 2.05) is 60.7 Å². The van der Waals surface area contributed by atoms with Crippen molar-refractivity contribution in [3.8, 4) is 5.69 Å². The summed E-state index contributed by atoms with van der Waals surface area (Å²) in [5.41, 5.74) is 3.37. The first-order valence-electron chi connectivity index (χ1n) is 11.4. The maximum Gasteiger partial charge on any atom is 0.267 e. The summed E-state index contributed by atoms with van der Waals surface area (Å²) in [6, 6.07) is 13.4. The summed E-state index contributed by atoms with van der Waals surface area (Å²) in [6.45, 7) is 6.82. The van der Waals surface area contributed by atoms with E-state index in [2.05, 4.69) is 22.4 Å². The van der Waals surface area contributed by atoms with Gasteiger partial charge in [0.05, 0.1) is 22.3 Å². The molecule has 4 aromatic rings. The highest BCUT2D eigenvalue weighted by Gasteiger charge is 2.20. The van der Waals surface area contributed by atoms with Crippen LogP contribution < -0.4 is 10.9 Å². The largest absolute Gasteiger partial charge is 0.355 e. The Balaban J connectivity index is 1.72. The maximum absolute atomic E-state index is 13.5. The third-order valence-electron chi connectivity index (χ3n) is 5.74. The van der Waals surface area contributed by atoms with Gasteiger partial charge in [0.2, 0.25) is 11.7 Å². The quantitative estimate of drug-likeness (QED) is 0.293. The van der Waals surface area contributed by atoms with E-state index in [1.165, 1.54) is 24.6 Å². The van der Waals surface area contributed by atoms with Gasteiger partial charge in [-0.15, -0.1) is 10.2 Å². The number of carbonyl (C=O) groups is 1. The molecule has 0 atom stereocenters. The highest BCUT2D eigenvalue weighted by atomic mass is 32.2. The average molecular weight is 464 g/mol. The van der Waals surface area contributed by atoms with E-state index in [9.17, 15) is 9.59 Å². The molecule has 2 aromatic heterocycles. The number of aryl methyl sites for hydroxylation is 2. The summed E-state index contributed by atoms with van der Waals surface area (Å²) in [5.74, 6) is 0.657. The molecule has 0 fully saturated rings. The lowest BCUT2D eigenvalue weighted by molar-refractivity contribution is -0.118. The lowest BCUT2D eigenvalue weighted by Crippen LogP contribution is -2.26. The zero-order valence-electron chi connectivity index (χ0n) is 19.3. The number of hydrogen-bond donors (Lipinski definition) is 1. The van der Waals surface area contributed by atoms with Gasteiger partial charge in [-0.25, -0.2) is 4.57 Å². The highest BCUT2D eigenvalue weighted by molar-refractivity contribution is 7.99. The van der Waals surface area contributed by atoms with Crippen molar-refractivity contribution in [3.05, 3.63) is 63.9 Å². The van der Waals surface area contributed by atoms with Gasteiger partial charge >= 0.3 is 0 Å². The van der Waals surface area contributed by atoms with Crippen LogP contribution in [0.1, 0.15) is 43.7 Å². The molecule has 4 rings (SSSR count). The Kier molecular flexibility index (Phi) is 7.13. The van der Waals surface area contributed by atoms with E-state index < -0.39 is 0 Å². The first kappa shape index (κ1) is 23.0. The normalized spacial score (nSPS) is 11.4. The van der Waals surface area contributed by atoms with Gasteiger partial charge in [0.25, 0.3) is 5.56 Å². The van der Waals surface area contributed by atoms with Crippen LogP contribution in [0.15, 0.2) is 52.4 Å². The minimum atomic E-state index is -0.135. The number of para-hydroxylation sites is 2. The molecule has 1 amide bonds. The molecule has 8 heteroatoms. The molecule has 0 saturated carbocycles. The fourth-order valence-electron chi connectivity index (χ4n) is 4.09. The van der Waals surface area contributed by atoms with Gasteiger partial charge in [-0.3, -0.25) is 14.0 Å². The first-order chi connectivity index (χ1) is 16.0. The molecule has 7 nitrogen and oxygen atoms in total. The molecule has 0 bridgehead atoms. The molecule has 33 heavy (non-hydrogen) atoms. The summed E-state index contributed by atoms with van der Waals surface area (Å²) in [7, 11) is 0. The van der Waals surface area contributed by atoms with E-state index in [-0.39, 0.29) is 17.2 Å². The fourth-order valence-corrected chi connectivity index (χ4v) is 4.86. The van der Waals surface area contributed by atoms with E-state index >= 15 is 0 Å². The summed E-state index contributed by atoms with van der Waals surface area (Å²) >= 11 is 1.33. The third kappa shape index (κ3) is 4.66. The molecular weight excluding hydrogens is 434 g/mol. The van der Waals surface area contributed by atoms with Gasteiger partial charge in [0, 0.05) is 6.54 Å². The fraction of sp³-hybridized carbons (Fsp3) is 0.360.